The van der Waals surface area contributed by atoms with Gasteiger partial charge in [0.15, 0.2) is 0 Å². The predicted molar refractivity (Wildman–Crippen MR) is 96.6 cm³/mol. The molecule has 8 heteroatoms. The average Bonchev–Trinajstić information content (AvgIpc) is 2.58. The summed E-state index contributed by atoms with van der Waals surface area (Å²) in [6.07, 6.45) is -0.671. The van der Waals surface area contributed by atoms with E-state index in [1.165, 1.54) is 24.3 Å². The van der Waals surface area contributed by atoms with E-state index < -0.39 is 16.6 Å². The molecule has 0 heterocycles. The van der Waals surface area contributed by atoms with Gasteiger partial charge in [-0.2, -0.15) is 10.3 Å². The van der Waals surface area contributed by atoms with Crippen LogP contribution in [0.2, 0.25) is 0 Å². The first-order valence-corrected chi connectivity index (χ1v) is 7.74. The zero-order valence-corrected chi connectivity index (χ0v) is 14.6. The van der Waals surface area contributed by atoms with E-state index in [2.05, 4.69) is 5.43 Å². The Morgan fingerprint density at radius 2 is 1.73 bits per heavy atom. The Balaban J connectivity index is 2.32. The SMILES string of the molecule is CC(C)(C)OC(=O)N(Nc1ccc(C#N)cc1)c1ccc([N+](=O)[O-])cc1. The summed E-state index contributed by atoms with van der Waals surface area (Å²) in [6.45, 7) is 5.21. The van der Waals surface area contributed by atoms with Crippen molar-refractivity contribution >= 4 is 23.2 Å². The van der Waals surface area contributed by atoms with Gasteiger partial charge >= 0.3 is 6.09 Å². The van der Waals surface area contributed by atoms with Crippen molar-refractivity contribution in [2.75, 3.05) is 10.4 Å². The molecule has 2 aromatic rings. The fraction of sp³-hybridized carbons (Fsp3) is 0.222. The number of carbonyl (C=O) groups is 1. The Hall–Kier alpha value is -3.60. The van der Waals surface area contributed by atoms with Crippen LogP contribution in [0.15, 0.2) is 48.5 Å². The van der Waals surface area contributed by atoms with Gasteiger partial charge in [0, 0.05) is 12.1 Å². The first kappa shape index (κ1) is 18.7. The van der Waals surface area contributed by atoms with Gasteiger partial charge in [0.05, 0.1) is 27.9 Å². The maximum absolute atomic E-state index is 12.6. The van der Waals surface area contributed by atoms with Crippen molar-refractivity contribution in [3.05, 3.63) is 64.2 Å². The van der Waals surface area contributed by atoms with Crippen LogP contribution in [0.1, 0.15) is 26.3 Å². The lowest BCUT2D eigenvalue weighted by atomic mass is 10.2. The summed E-state index contributed by atoms with van der Waals surface area (Å²) in [5.74, 6) is 0. The average molecular weight is 354 g/mol. The predicted octanol–water partition coefficient (Wildman–Crippen LogP) is 4.24. The number of nitro benzene ring substituents is 1. The van der Waals surface area contributed by atoms with Crippen molar-refractivity contribution in [1.82, 2.24) is 0 Å². The van der Waals surface area contributed by atoms with E-state index in [0.29, 0.717) is 16.9 Å². The summed E-state index contributed by atoms with van der Waals surface area (Å²) in [5, 5.41) is 20.8. The van der Waals surface area contributed by atoms with E-state index >= 15 is 0 Å². The molecule has 0 spiro atoms. The zero-order chi connectivity index (χ0) is 19.3. The van der Waals surface area contributed by atoms with E-state index in [-0.39, 0.29) is 5.69 Å². The highest BCUT2D eigenvalue weighted by Gasteiger charge is 2.24. The van der Waals surface area contributed by atoms with Crippen LogP contribution >= 0.6 is 0 Å². The highest BCUT2D eigenvalue weighted by molar-refractivity contribution is 5.90. The number of rotatable bonds is 4. The largest absolute Gasteiger partial charge is 0.442 e. The van der Waals surface area contributed by atoms with Crippen LogP contribution in [0, 0.1) is 21.4 Å². The molecule has 0 aromatic heterocycles. The number of non-ortho nitro benzene ring substituents is 1. The number of benzene rings is 2. The van der Waals surface area contributed by atoms with Gasteiger partial charge in [-0.25, -0.2) is 4.79 Å². The number of nitriles is 1. The van der Waals surface area contributed by atoms with Crippen molar-refractivity contribution in [1.29, 1.82) is 5.26 Å². The third-order valence-electron chi connectivity index (χ3n) is 3.15. The number of nitro groups is 1. The summed E-state index contributed by atoms with van der Waals surface area (Å²) < 4.78 is 5.39. The third kappa shape index (κ3) is 4.95. The fourth-order valence-electron chi connectivity index (χ4n) is 1.99. The molecule has 1 amide bonds. The van der Waals surface area contributed by atoms with E-state index in [1.807, 2.05) is 6.07 Å². The van der Waals surface area contributed by atoms with Crippen molar-refractivity contribution in [3.8, 4) is 6.07 Å². The Labute approximate surface area is 150 Å². The molecule has 0 fully saturated rings. The minimum atomic E-state index is -0.720. The van der Waals surface area contributed by atoms with Crippen LogP contribution in [0.4, 0.5) is 21.9 Å². The number of nitrogens with zero attached hydrogens (tertiary/aromatic N) is 3. The topological polar surface area (TPSA) is 108 Å². The number of ether oxygens (including phenoxy) is 1. The highest BCUT2D eigenvalue weighted by Crippen LogP contribution is 2.23. The molecule has 0 aliphatic heterocycles. The summed E-state index contributed by atoms with van der Waals surface area (Å²) in [7, 11) is 0. The molecule has 0 aliphatic carbocycles. The molecule has 0 radical (unpaired) electrons. The van der Waals surface area contributed by atoms with Crippen LogP contribution < -0.4 is 10.4 Å². The van der Waals surface area contributed by atoms with Gasteiger partial charge in [-0.3, -0.25) is 15.5 Å². The van der Waals surface area contributed by atoms with Crippen molar-refractivity contribution < 1.29 is 14.5 Å². The van der Waals surface area contributed by atoms with Crippen LogP contribution in [0.25, 0.3) is 0 Å². The molecule has 0 bridgehead atoms. The summed E-state index contributed by atoms with van der Waals surface area (Å²) in [5.41, 5.74) is 3.49. The van der Waals surface area contributed by atoms with E-state index in [1.54, 1.807) is 45.0 Å². The number of nitrogens with one attached hydrogen (secondary N) is 1. The quantitative estimate of drug-likeness (QED) is 0.650. The summed E-state index contributed by atoms with van der Waals surface area (Å²) >= 11 is 0. The lowest BCUT2D eigenvalue weighted by Gasteiger charge is -2.28. The lowest BCUT2D eigenvalue weighted by molar-refractivity contribution is -0.384. The maximum atomic E-state index is 12.6. The van der Waals surface area contributed by atoms with Gasteiger partial charge in [0.2, 0.25) is 0 Å². The number of hydrazine groups is 1. The molecule has 2 rings (SSSR count). The smallest absolute Gasteiger partial charge is 0.433 e. The van der Waals surface area contributed by atoms with Crippen LogP contribution in [0.3, 0.4) is 0 Å². The van der Waals surface area contributed by atoms with Crippen molar-refractivity contribution in [2.45, 2.75) is 26.4 Å². The number of amides is 1. The minimum Gasteiger partial charge on any atom is -0.442 e. The second-order valence-corrected chi connectivity index (χ2v) is 6.39. The molecule has 2 aromatic carbocycles. The zero-order valence-electron chi connectivity index (χ0n) is 14.6. The maximum Gasteiger partial charge on any atom is 0.433 e. The van der Waals surface area contributed by atoms with Gasteiger partial charge in [-0.1, -0.05) is 0 Å². The molecular weight excluding hydrogens is 336 g/mol. The highest BCUT2D eigenvalue weighted by atomic mass is 16.6. The van der Waals surface area contributed by atoms with E-state index in [4.69, 9.17) is 10.00 Å². The number of anilines is 2. The first-order chi connectivity index (χ1) is 12.2. The third-order valence-corrected chi connectivity index (χ3v) is 3.15. The minimum absolute atomic E-state index is 0.0868. The molecule has 0 unspecified atom stereocenters. The molecule has 26 heavy (non-hydrogen) atoms. The Bertz CT molecular complexity index is 833. The Morgan fingerprint density at radius 1 is 1.15 bits per heavy atom. The molecule has 0 saturated carbocycles. The molecule has 8 nitrogen and oxygen atoms in total. The summed E-state index contributed by atoms with van der Waals surface area (Å²) in [6, 6.07) is 14.0. The van der Waals surface area contributed by atoms with Gasteiger partial charge in [-0.05, 0) is 57.2 Å². The van der Waals surface area contributed by atoms with Crippen LogP contribution in [-0.4, -0.2) is 16.6 Å². The van der Waals surface area contributed by atoms with Gasteiger partial charge in [0.1, 0.15) is 5.60 Å². The fourth-order valence-corrected chi connectivity index (χ4v) is 1.99. The Morgan fingerprint density at radius 3 is 2.19 bits per heavy atom. The summed E-state index contributed by atoms with van der Waals surface area (Å²) in [4.78, 5) is 22.9. The molecule has 0 saturated heterocycles. The van der Waals surface area contributed by atoms with Gasteiger partial charge in [-0.15, -0.1) is 0 Å². The van der Waals surface area contributed by atoms with Crippen molar-refractivity contribution in [2.24, 2.45) is 0 Å². The lowest BCUT2D eigenvalue weighted by Crippen LogP contribution is -2.40. The molecule has 134 valence electrons. The normalized spacial score (nSPS) is 10.5. The van der Waals surface area contributed by atoms with E-state index in [0.717, 1.165) is 5.01 Å². The molecule has 0 aliphatic rings. The number of hydrogen-bond donors (Lipinski definition) is 1. The second-order valence-electron chi connectivity index (χ2n) is 6.39. The van der Waals surface area contributed by atoms with Gasteiger partial charge in [0.25, 0.3) is 5.69 Å². The molecular formula is C18H18N4O4. The number of carbonyl (C=O) groups excluding carboxylic acids is 1. The second kappa shape index (κ2) is 7.53. The van der Waals surface area contributed by atoms with Crippen molar-refractivity contribution in [3.63, 3.8) is 0 Å². The first-order valence-electron chi connectivity index (χ1n) is 7.74. The van der Waals surface area contributed by atoms with Gasteiger partial charge < -0.3 is 4.74 Å². The van der Waals surface area contributed by atoms with E-state index in [9.17, 15) is 14.9 Å². The molecule has 0 atom stereocenters. The standard InChI is InChI=1S/C18H18N4O4/c1-18(2,3)26-17(23)21(15-8-10-16(11-9-15)22(24)25)20-14-6-4-13(12-19)5-7-14/h4-11,20H,1-3H3. The monoisotopic (exact) mass is 354 g/mol. The Kier molecular flexibility index (Phi) is 5.42. The van der Waals surface area contributed by atoms with Crippen LogP contribution in [-0.2, 0) is 4.74 Å². The number of hydrogen-bond acceptors (Lipinski definition) is 6. The molecule has 1 N–H and O–H groups in total. The van der Waals surface area contributed by atoms with Crippen LogP contribution in [0.5, 0.6) is 0 Å².